The van der Waals surface area contributed by atoms with Crippen molar-refractivity contribution in [3.8, 4) is 0 Å². The number of amides is 1. The molecule has 1 amide bonds. The van der Waals surface area contributed by atoms with E-state index in [1.807, 2.05) is 32.6 Å². The largest absolute Gasteiger partial charge is 0.372 e. The van der Waals surface area contributed by atoms with Crippen molar-refractivity contribution in [2.45, 2.75) is 45.1 Å². The molecule has 0 N–H and O–H groups in total. The van der Waals surface area contributed by atoms with Crippen LogP contribution in [0.1, 0.15) is 24.3 Å². The van der Waals surface area contributed by atoms with Crippen LogP contribution in [0.2, 0.25) is 0 Å². The molecule has 1 aliphatic heterocycles. The second-order valence-electron chi connectivity index (χ2n) is 6.57. The van der Waals surface area contributed by atoms with Crippen molar-refractivity contribution in [2.24, 2.45) is 7.05 Å². The number of hydrogen-bond donors (Lipinski definition) is 0. The molecule has 2 atom stereocenters. The number of hydrogen-bond acceptors (Lipinski definition) is 6. The minimum atomic E-state index is -0.0459. The summed E-state index contributed by atoms with van der Waals surface area (Å²) in [7, 11) is 1.72. The molecule has 6 nitrogen and oxygen atoms in total. The third-order valence-corrected chi connectivity index (χ3v) is 6.58. The third-order valence-electron chi connectivity index (χ3n) is 4.47. The maximum atomic E-state index is 12.6. The first-order valence-corrected chi connectivity index (χ1v) is 10.1. The highest BCUT2D eigenvalue weighted by atomic mass is 32.2. The molecule has 1 saturated heterocycles. The Morgan fingerprint density at radius 2 is 1.96 bits per heavy atom. The number of aryl methyl sites for hydroxylation is 2. The molecule has 136 valence electrons. The summed E-state index contributed by atoms with van der Waals surface area (Å²) in [5.74, 6) is 0.328. The van der Waals surface area contributed by atoms with Crippen LogP contribution in [0.15, 0.2) is 9.95 Å². The summed E-state index contributed by atoms with van der Waals surface area (Å²) in [6, 6.07) is 0. The van der Waals surface area contributed by atoms with Gasteiger partial charge in [-0.15, -0.1) is 11.3 Å². The molecule has 0 bridgehead atoms. The molecule has 0 unspecified atom stereocenters. The van der Waals surface area contributed by atoms with Crippen LogP contribution in [-0.2, 0) is 16.6 Å². The number of fused-ring (bicyclic) bond motifs is 1. The van der Waals surface area contributed by atoms with E-state index in [4.69, 9.17) is 4.74 Å². The number of morpholine rings is 1. The van der Waals surface area contributed by atoms with E-state index >= 15 is 0 Å². The molecule has 0 aliphatic carbocycles. The van der Waals surface area contributed by atoms with E-state index in [2.05, 4.69) is 4.98 Å². The Morgan fingerprint density at radius 3 is 2.60 bits per heavy atom. The van der Waals surface area contributed by atoms with Crippen molar-refractivity contribution in [1.82, 2.24) is 14.5 Å². The Kier molecular flexibility index (Phi) is 5.22. The number of nitrogens with zero attached hydrogens (tertiary/aromatic N) is 3. The summed E-state index contributed by atoms with van der Waals surface area (Å²) in [5.41, 5.74) is 0.951. The molecule has 8 heteroatoms. The van der Waals surface area contributed by atoms with Gasteiger partial charge in [0.1, 0.15) is 4.83 Å². The molecule has 0 saturated carbocycles. The van der Waals surface area contributed by atoms with E-state index in [1.165, 1.54) is 23.1 Å². The van der Waals surface area contributed by atoms with Gasteiger partial charge in [-0.25, -0.2) is 4.98 Å². The van der Waals surface area contributed by atoms with E-state index < -0.39 is 0 Å². The molecular formula is C17H23N3O3S2. The Bertz CT molecular complexity index is 864. The van der Waals surface area contributed by atoms with Gasteiger partial charge in [-0.05, 0) is 33.3 Å². The van der Waals surface area contributed by atoms with Gasteiger partial charge in [0.2, 0.25) is 5.91 Å². The van der Waals surface area contributed by atoms with Crippen LogP contribution in [0.4, 0.5) is 0 Å². The van der Waals surface area contributed by atoms with Crippen LogP contribution >= 0.6 is 23.1 Å². The maximum Gasteiger partial charge on any atom is 0.262 e. The summed E-state index contributed by atoms with van der Waals surface area (Å²) in [4.78, 5) is 33.4. The van der Waals surface area contributed by atoms with E-state index in [0.717, 1.165) is 15.3 Å². The van der Waals surface area contributed by atoms with Gasteiger partial charge in [0, 0.05) is 25.0 Å². The quantitative estimate of drug-likeness (QED) is 0.603. The number of carbonyl (C=O) groups is 1. The summed E-state index contributed by atoms with van der Waals surface area (Å²) >= 11 is 2.85. The fourth-order valence-corrected chi connectivity index (χ4v) is 5.03. The Labute approximate surface area is 155 Å². The molecule has 1 aliphatic rings. The SMILES string of the molecule is Cc1sc2nc(SCC(=O)N3C[C@H](C)O[C@@H](C)C3)n(C)c(=O)c2c1C. The topological polar surface area (TPSA) is 64.4 Å². The van der Waals surface area contributed by atoms with Crippen molar-refractivity contribution >= 4 is 39.2 Å². The second kappa shape index (κ2) is 7.09. The number of thioether (sulfide) groups is 1. The van der Waals surface area contributed by atoms with Gasteiger partial charge in [0.15, 0.2) is 5.16 Å². The highest BCUT2D eigenvalue weighted by molar-refractivity contribution is 7.99. The van der Waals surface area contributed by atoms with Gasteiger partial charge < -0.3 is 9.64 Å². The lowest BCUT2D eigenvalue weighted by atomic mass is 10.2. The molecule has 2 aromatic rings. The Morgan fingerprint density at radius 1 is 1.32 bits per heavy atom. The van der Waals surface area contributed by atoms with E-state index in [-0.39, 0.29) is 29.4 Å². The van der Waals surface area contributed by atoms with Gasteiger partial charge in [-0.3, -0.25) is 14.2 Å². The van der Waals surface area contributed by atoms with Crippen molar-refractivity contribution < 1.29 is 9.53 Å². The minimum Gasteiger partial charge on any atom is -0.372 e. The van der Waals surface area contributed by atoms with E-state index in [0.29, 0.717) is 23.6 Å². The van der Waals surface area contributed by atoms with Crippen molar-refractivity contribution in [3.63, 3.8) is 0 Å². The van der Waals surface area contributed by atoms with Crippen LogP contribution in [-0.4, -0.2) is 51.4 Å². The van der Waals surface area contributed by atoms with Gasteiger partial charge in [-0.2, -0.15) is 0 Å². The monoisotopic (exact) mass is 381 g/mol. The molecule has 25 heavy (non-hydrogen) atoms. The Balaban J connectivity index is 1.78. The fraction of sp³-hybridized carbons (Fsp3) is 0.588. The van der Waals surface area contributed by atoms with Gasteiger partial charge >= 0.3 is 0 Å². The zero-order valence-corrected chi connectivity index (χ0v) is 16.8. The first-order chi connectivity index (χ1) is 11.8. The lowest BCUT2D eigenvalue weighted by Crippen LogP contribution is -2.48. The van der Waals surface area contributed by atoms with Crippen molar-refractivity contribution in [1.29, 1.82) is 0 Å². The average molecular weight is 382 g/mol. The predicted molar refractivity (Wildman–Crippen MR) is 102 cm³/mol. The fourth-order valence-electron chi connectivity index (χ4n) is 3.08. The smallest absolute Gasteiger partial charge is 0.262 e. The number of thiophene rings is 1. The first kappa shape index (κ1) is 18.4. The van der Waals surface area contributed by atoms with Crippen LogP contribution in [0, 0.1) is 13.8 Å². The van der Waals surface area contributed by atoms with Crippen LogP contribution in [0.3, 0.4) is 0 Å². The Hall–Kier alpha value is -1.38. The predicted octanol–water partition coefficient (Wildman–Crippen LogP) is 2.34. The summed E-state index contributed by atoms with van der Waals surface area (Å²) in [6.45, 7) is 9.12. The normalized spacial score (nSPS) is 21.1. The number of rotatable bonds is 3. The second-order valence-corrected chi connectivity index (χ2v) is 8.71. The van der Waals surface area contributed by atoms with Crippen molar-refractivity contribution in [2.75, 3.05) is 18.8 Å². The summed E-state index contributed by atoms with van der Waals surface area (Å²) in [5, 5.41) is 1.28. The number of carbonyl (C=O) groups excluding carboxylic acids is 1. The zero-order chi connectivity index (χ0) is 18.3. The van der Waals surface area contributed by atoms with Crippen LogP contribution in [0.5, 0.6) is 0 Å². The molecule has 0 spiro atoms. The maximum absolute atomic E-state index is 12.6. The van der Waals surface area contributed by atoms with Crippen LogP contribution in [0.25, 0.3) is 10.2 Å². The molecule has 3 rings (SSSR count). The van der Waals surface area contributed by atoms with Gasteiger partial charge in [0.05, 0.1) is 23.3 Å². The number of aromatic nitrogens is 2. The van der Waals surface area contributed by atoms with E-state index in [1.54, 1.807) is 11.6 Å². The molecule has 2 aromatic heterocycles. The van der Waals surface area contributed by atoms with E-state index in [9.17, 15) is 9.59 Å². The molecule has 3 heterocycles. The lowest BCUT2D eigenvalue weighted by Gasteiger charge is -2.35. The first-order valence-electron chi connectivity index (χ1n) is 8.30. The average Bonchev–Trinajstić information content (AvgIpc) is 2.83. The highest BCUT2D eigenvalue weighted by Crippen LogP contribution is 2.28. The molecule has 1 fully saturated rings. The summed E-state index contributed by atoms with van der Waals surface area (Å²) in [6.07, 6.45) is 0.0993. The third kappa shape index (κ3) is 3.61. The molecular weight excluding hydrogens is 358 g/mol. The van der Waals surface area contributed by atoms with Gasteiger partial charge in [0.25, 0.3) is 5.56 Å². The minimum absolute atomic E-state index is 0.0459. The molecule has 0 radical (unpaired) electrons. The standard InChI is InChI=1S/C17H23N3O3S2/c1-9-6-20(7-10(2)23-9)13(21)8-24-17-18-15-14(16(22)19(17)5)11(3)12(4)25-15/h9-10H,6-8H2,1-5H3/t9-,10-/m0/s1. The van der Waals surface area contributed by atoms with Crippen LogP contribution < -0.4 is 5.56 Å². The number of ether oxygens (including phenoxy) is 1. The lowest BCUT2D eigenvalue weighted by molar-refractivity contribution is -0.140. The zero-order valence-electron chi connectivity index (χ0n) is 15.2. The van der Waals surface area contributed by atoms with Gasteiger partial charge in [-0.1, -0.05) is 11.8 Å². The molecule has 0 aromatic carbocycles. The summed E-state index contributed by atoms with van der Waals surface area (Å²) < 4.78 is 7.21. The van der Waals surface area contributed by atoms with Crippen molar-refractivity contribution in [3.05, 3.63) is 20.8 Å². The highest BCUT2D eigenvalue weighted by Gasteiger charge is 2.26.